The monoisotopic (exact) mass is 359 g/mol. The van der Waals surface area contributed by atoms with Crippen LogP contribution in [0.2, 0.25) is 0 Å². The van der Waals surface area contributed by atoms with E-state index in [0.717, 1.165) is 25.1 Å². The van der Waals surface area contributed by atoms with Crippen molar-refractivity contribution in [2.45, 2.75) is 56.9 Å². The molecule has 2 heterocycles. The largest absolute Gasteiger partial charge is 0.369 e. The van der Waals surface area contributed by atoms with Crippen LogP contribution in [0.3, 0.4) is 0 Å². The Morgan fingerprint density at radius 2 is 1.96 bits per heavy atom. The van der Waals surface area contributed by atoms with Crippen LogP contribution in [0.1, 0.15) is 66.9 Å². The number of hydrogen-bond acceptors (Lipinski definition) is 4. The molecule has 4 N–H and O–H groups in total. The second-order valence-electron chi connectivity index (χ2n) is 8.27. The minimum atomic E-state index is -0.305. The molecule has 0 spiro atoms. The van der Waals surface area contributed by atoms with Crippen LogP contribution in [0.25, 0.3) is 0 Å². The van der Waals surface area contributed by atoms with E-state index in [2.05, 4.69) is 20.4 Å². The maximum absolute atomic E-state index is 13.0. The SMILES string of the molecule is NC(=O)CN1C[C@H](NC(=O)c2cn[nH]c2C2CCCCC2)[C@@H](C2CC2)C1. The van der Waals surface area contributed by atoms with Crippen LogP contribution in [0.4, 0.5) is 0 Å². The number of hydrogen-bond donors (Lipinski definition) is 3. The summed E-state index contributed by atoms with van der Waals surface area (Å²) in [4.78, 5) is 26.3. The highest BCUT2D eigenvalue weighted by Gasteiger charge is 2.43. The predicted molar refractivity (Wildman–Crippen MR) is 97.5 cm³/mol. The first-order valence-electron chi connectivity index (χ1n) is 9.96. The van der Waals surface area contributed by atoms with E-state index < -0.39 is 0 Å². The standard InChI is InChI=1S/C19H29N5O2/c20-17(25)11-24-9-15(12-6-7-12)16(10-24)22-19(26)14-8-21-23-18(14)13-4-2-1-3-5-13/h8,12-13,15-16H,1-7,9-11H2,(H2,20,25)(H,21,23)(H,22,26)/t15-,16+/m1/s1. The van der Waals surface area contributed by atoms with Gasteiger partial charge in [0.25, 0.3) is 5.91 Å². The number of carbonyl (C=O) groups excluding carboxylic acids is 2. The number of nitrogens with zero attached hydrogens (tertiary/aromatic N) is 2. The lowest BCUT2D eigenvalue weighted by Gasteiger charge is -2.23. The van der Waals surface area contributed by atoms with E-state index in [1.807, 2.05) is 0 Å². The highest BCUT2D eigenvalue weighted by atomic mass is 16.2. The average Bonchev–Trinajstić information content (AvgIpc) is 3.21. The summed E-state index contributed by atoms with van der Waals surface area (Å²) in [5, 5.41) is 10.5. The van der Waals surface area contributed by atoms with Gasteiger partial charge in [0.1, 0.15) is 0 Å². The Bertz CT molecular complexity index is 663. The quantitative estimate of drug-likeness (QED) is 0.714. The minimum Gasteiger partial charge on any atom is -0.369 e. The van der Waals surface area contributed by atoms with Crippen LogP contribution in [-0.4, -0.2) is 52.6 Å². The fourth-order valence-corrected chi connectivity index (χ4v) is 4.84. The van der Waals surface area contributed by atoms with E-state index in [0.29, 0.717) is 29.9 Å². The normalized spacial score (nSPS) is 27.5. The molecule has 0 radical (unpaired) electrons. The molecule has 1 saturated heterocycles. The van der Waals surface area contributed by atoms with Crippen LogP contribution in [0, 0.1) is 11.8 Å². The van der Waals surface area contributed by atoms with Crippen molar-refractivity contribution in [2.75, 3.05) is 19.6 Å². The number of carbonyl (C=O) groups is 2. The lowest BCUT2D eigenvalue weighted by Crippen LogP contribution is -2.42. The van der Waals surface area contributed by atoms with Crippen molar-refractivity contribution >= 4 is 11.8 Å². The summed E-state index contributed by atoms with van der Waals surface area (Å²) in [6.45, 7) is 1.82. The fourth-order valence-electron chi connectivity index (χ4n) is 4.84. The van der Waals surface area contributed by atoms with E-state index in [9.17, 15) is 9.59 Å². The third-order valence-corrected chi connectivity index (χ3v) is 6.29. The van der Waals surface area contributed by atoms with Gasteiger partial charge in [-0.05, 0) is 37.5 Å². The predicted octanol–water partition coefficient (Wildman–Crippen LogP) is 1.38. The van der Waals surface area contributed by atoms with Crippen LogP contribution in [-0.2, 0) is 4.79 Å². The van der Waals surface area contributed by atoms with Crippen LogP contribution < -0.4 is 11.1 Å². The summed E-state index contributed by atoms with van der Waals surface area (Å²) in [5.41, 5.74) is 7.05. The molecule has 3 fully saturated rings. The summed E-state index contributed by atoms with van der Waals surface area (Å²) >= 11 is 0. The second-order valence-corrected chi connectivity index (χ2v) is 8.27. The van der Waals surface area contributed by atoms with Gasteiger partial charge in [-0.25, -0.2) is 0 Å². The summed E-state index contributed by atoms with van der Waals surface area (Å²) in [7, 11) is 0. The molecule has 0 bridgehead atoms. The maximum atomic E-state index is 13.0. The number of aromatic nitrogens is 2. The van der Waals surface area contributed by atoms with Gasteiger partial charge in [-0.15, -0.1) is 0 Å². The molecule has 0 aromatic carbocycles. The molecule has 2 saturated carbocycles. The Hall–Kier alpha value is -1.89. The molecule has 1 aliphatic heterocycles. The number of primary amides is 1. The lowest BCUT2D eigenvalue weighted by molar-refractivity contribution is -0.118. The third kappa shape index (κ3) is 3.77. The molecule has 7 nitrogen and oxygen atoms in total. The molecule has 3 aliphatic rings. The Morgan fingerprint density at radius 3 is 2.65 bits per heavy atom. The number of H-pyrrole nitrogens is 1. The van der Waals surface area contributed by atoms with Crippen molar-refractivity contribution in [1.29, 1.82) is 0 Å². The molecular formula is C19H29N5O2. The second kappa shape index (κ2) is 7.39. The smallest absolute Gasteiger partial charge is 0.255 e. The highest BCUT2D eigenvalue weighted by molar-refractivity contribution is 5.95. The first kappa shape index (κ1) is 17.5. The number of likely N-dealkylation sites (tertiary alicyclic amines) is 1. The van der Waals surface area contributed by atoms with E-state index in [1.54, 1.807) is 6.20 Å². The average molecular weight is 359 g/mol. The van der Waals surface area contributed by atoms with Gasteiger partial charge in [0.05, 0.1) is 24.0 Å². The highest BCUT2D eigenvalue weighted by Crippen LogP contribution is 2.41. The number of rotatable bonds is 6. The van der Waals surface area contributed by atoms with Gasteiger partial charge in [0, 0.05) is 25.0 Å². The minimum absolute atomic E-state index is 0.0316. The lowest BCUT2D eigenvalue weighted by atomic mass is 9.85. The van der Waals surface area contributed by atoms with Crippen molar-refractivity contribution in [2.24, 2.45) is 17.6 Å². The van der Waals surface area contributed by atoms with Gasteiger partial charge in [0.2, 0.25) is 5.91 Å². The van der Waals surface area contributed by atoms with E-state index in [-0.39, 0.29) is 24.4 Å². The van der Waals surface area contributed by atoms with Gasteiger partial charge in [-0.1, -0.05) is 19.3 Å². The van der Waals surface area contributed by atoms with E-state index >= 15 is 0 Å². The molecule has 2 aliphatic carbocycles. The molecule has 2 amide bonds. The Morgan fingerprint density at radius 1 is 1.19 bits per heavy atom. The van der Waals surface area contributed by atoms with Crippen molar-refractivity contribution in [1.82, 2.24) is 20.4 Å². The van der Waals surface area contributed by atoms with Crippen molar-refractivity contribution < 1.29 is 9.59 Å². The molecule has 1 aromatic heterocycles. The van der Waals surface area contributed by atoms with Gasteiger partial charge in [-0.2, -0.15) is 5.10 Å². The van der Waals surface area contributed by atoms with Crippen LogP contribution in [0.15, 0.2) is 6.20 Å². The molecule has 2 atom stereocenters. The van der Waals surface area contributed by atoms with Gasteiger partial charge >= 0.3 is 0 Å². The summed E-state index contributed by atoms with van der Waals surface area (Å²) in [6.07, 6.45) is 10.1. The zero-order valence-corrected chi connectivity index (χ0v) is 15.2. The first-order chi connectivity index (χ1) is 12.6. The van der Waals surface area contributed by atoms with Gasteiger partial charge in [0.15, 0.2) is 0 Å². The number of amides is 2. The molecule has 26 heavy (non-hydrogen) atoms. The molecular weight excluding hydrogens is 330 g/mol. The first-order valence-corrected chi connectivity index (χ1v) is 9.96. The summed E-state index contributed by atoms with van der Waals surface area (Å²) in [6, 6.07) is 0.0865. The zero-order valence-electron chi connectivity index (χ0n) is 15.2. The number of nitrogens with one attached hydrogen (secondary N) is 2. The molecule has 0 unspecified atom stereocenters. The fraction of sp³-hybridized carbons (Fsp3) is 0.737. The van der Waals surface area contributed by atoms with Gasteiger partial charge in [-0.3, -0.25) is 19.6 Å². The molecule has 7 heteroatoms. The van der Waals surface area contributed by atoms with E-state index in [4.69, 9.17) is 5.73 Å². The summed E-state index contributed by atoms with van der Waals surface area (Å²) in [5.74, 6) is 1.17. The summed E-state index contributed by atoms with van der Waals surface area (Å²) < 4.78 is 0. The van der Waals surface area contributed by atoms with E-state index in [1.165, 1.54) is 32.1 Å². The Balaban J connectivity index is 1.44. The van der Waals surface area contributed by atoms with Gasteiger partial charge < -0.3 is 11.1 Å². The molecule has 1 aromatic rings. The topological polar surface area (TPSA) is 104 Å². The van der Waals surface area contributed by atoms with Crippen molar-refractivity contribution in [3.63, 3.8) is 0 Å². The Kier molecular flexibility index (Phi) is 4.98. The Labute approximate surface area is 154 Å². The molecule has 4 rings (SSSR count). The maximum Gasteiger partial charge on any atom is 0.255 e. The van der Waals surface area contributed by atoms with Crippen LogP contribution >= 0.6 is 0 Å². The zero-order chi connectivity index (χ0) is 18.1. The number of aromatic amines is 1. The van der Waals surface area contributed by atoms with Crippen molar-refractivity contribution in [3.8, 4) is 0 Å². The van der Waals surface area contributed by atoms with Crippen LogP contribution in [0.5, 0.6) is 0 Å². The third-order valence-electron chi connectivity index (χ3n) is 6.29. The van der Waals surface area contributed by atoms with Crippen molar-refractivity contribution in [3.05, 3.63) is 17.5 Å². The molecule has 142 valence electrons. The number of nitrogens with two attached hydrogens (primary N) is 1.